The summed E-state index contributed by atoms with van der Waals surface area (Å²) in [5.41, 5.74) is 2.34. The molecule has 1 unspecified atom stereocenters. The second-order valence-electron chi connectivity index (χ2n) is 6.28. The number of hydrogen-bond donors (Lipinski definition) is 1. The van der Waals surface area contributed by atoms with E-state index < -0.39 is 4.92 Å². The van der Waals surface area contributed by atoms with E-state index in [1.165, 1.54) is 12.1 Å². The number of non-ortho nitro benzene ring substituents is 1. The second kappa shape index (κ2) is 10.4. The van der Waals surface area contributed by atoms with Gasteiger partial charge in [0.15, 0.2) is 0 Å². The number of nitro groups is 1. The lowest BCUT2D eigenvalue weighted by atomic mass is 10.1. The minimum absolute atomic E-state index is 0.0276. The third-order valence-electron chi connectivity index (χ3n) is 4.40. The molecule has 0 saturated heterocycles. The molecule has 0 aliphatic carbocycles. The summed E-state index contributed by atoms with van der Waals surface area (Å²) in [6.45, 7) is 5.26. The molecule has 2 aromatic carbocycles. The standard InChI is InChI=1S/C20H26N4O3/c1-3-5-14-23(18(4-2)15-25)19-10-6-16(7-11-19)21-22-17-8-12-20(13-9-17)24(26)27/h6-13,18,25H,3-5,14-15H2,1-2H3/b22-21+. The van der Waals surface area contributed by atoms with Crippen molar-refractivity contribution in [2.75, 3.05) is 18.1 Å². The number of aliphatic hydroxyl groups excluding tert-OH is 1. The number of nitro benzene ring substituents is 1. The van der Waals surface area contributed by atoms with Gasteiger partial charge in [0.2, 0.25) is 0 Å². The molecule has 1 atom stereocenters. The molecule has 2 aromatic rings. The fourth-order valence-corrected chi connectivity index (χ4v) is 2.77. The van der Waals surface area contributed by atoms with Crippen molar-refractivity contribution >= 4 is 22.7 Å². The Morgan fingerprint density at radius 1 is 1.04 bits per heavy atom. The minimum Gasteiger partial charge on any atom is -0.394 e. The molecular weight excluding hydrogens is 344 g/mol. The highest BCUT2D eigenvalue weighted by Crippen LogP contribution is 2.25. The summed E-state index contributed by atoms with van der Waals surface area (Å²) in [7, 11) is 0. The Balaban J connectivity index is 2.11. The predicted molar refractivity (Wildman–Crippen MR) is 107 cm³/mol. The smallest absolute Gasteiger partial charge is 0.269 e. The minimum atomic E-state index is -0.445. The number of rotatable bonds is 10. The zero-order chi connectivity index (χ0) is 19.6. The van der Waals surface area contributed by atoms with E-state index in [1.807, 2.05) is 24.3 Å². The lowest BCUT2D eigenvalue weighted by molar-refractivity contribution is -0.384. The van der Waals surface area contributed by atoms with Crippen LogP contribution in [0.5, 0.6) is 0 Å². The monoisotopic (exact) mass is 370 g/mol. The van der Waals surface area contributed by atoms with Gasteiger partial charge in [-0.3, -0.25) is 10.1 Å². The fourth-order valence-electron chi connectivity index (χ4n) is 2.77. The third-order valence-corrected chi connectivity index (χ3v) is 4.40. The normalized spacial score (nSPS) is 12.3. The van der Waals surface area contributed by atoms with Crippen LogP contribution >= 0.6 is 0 Å². The molecule has 0 fully saturated rings. The number of nitrogens with zero attached hydrogens (tertiary/aromatic N) is 4. The molecule has 0 radical (unpaired) electrons. The van der Waals surface area contributed by atoms with Gasteiger partial charge in [-0.25, -0.2) is 0 Å². The van der Waals surface area contributed by atoms with E-state index in [0.717, 1.165) is 31.5 Å². The van der Waals surface area contributed by atoms with Gasteiger partial charge in [0.1, 0.15) is 0 Å². The van der Waals surface area contributed by atoms with E-state index in [0.29, 0.717) is 11.4 Å². The summed E-state index contributed by atoms with van der Waals surface area (Å²) >= 11 is 0. The highest BCUT2D eigenvalue weighted by Gasteiger charge is 2.16. The molecular formula is C20H26N4O3. The van der Waals surface area contributed by atoms with E-state index in [4.69, 9.17) is 0 Å². The first-order valence-corrected chi connectivity index (χ1v) is 9.22. The van der Waals surface area contributed by atoms with E-state index >= 15 is 0 Å². The van der Waals surface area contributed by atoms with Crippen LogP contribution in [-0.2, 0) is 0 Å². The van der Waals surface area contributed by atoms with Gasteiger partial charge >= 0.3 is 0 Å². The molecule has 0 saturated carbocycles. The SMILES string of the molecule is CCCCN(c1ccc(/N=N/c2ccc([N+](=O)[O-])cc2)cc1)C(CC)CO. The molecule has 0 heterocycles. The highest BCUT2D eigenvalue weighted by molar-refractivity contribution is 5.54. The fraction of sp³-hybridized carbons (Fsp3) is 0.400. The molecule has 144 valence electrons. The Morgan fingerprint density at radius 2 is 1.59 bits per heavy atom. The van der Waals surface area contributed by atoms with E-state index in [1.54, 1.807) is 12.1 Å². The number of azo groups is 1. The van der Waals surface area contributed by atoms with Crippen molar-refractivity contribution in [3.05, 3.63) is 58.6 Å². The van der Waals surface area contributed by atoms with Gasteiger partial charge in [0, 0.05) is 24.4 Å². The van der Waals surface area contributed by atoms with Crippen LogP contribution in [0, 0.1) is 10.1 Å². The van der Waals surface area contributed by atoms with Crippen molar-refractivity contribution in [2.24, 2.45) is 10.2 Å². The average molecular weight is 370 g/mol. The van der Waals surface area contributed by atoms with Gasteiger partial charge in [0.25, 0.3) is 5.69 Å². The van der Waals surface area contributed by atoms with Crippen LogP contribution in [0.2, 0.25) is 0 Å². The molecule has 0 aliphatic rings. The van der Waals surface area contributed by atoms with Crippen LogP contribution in [0.4, 0.5) is 22.7 Å². The molecule has 0 amide bonds. The van der Waals surface area contributed by atoms with Gasteiger partial charge in [0.05, 0.1) is 28.9 Å². The van der Waals surface area contributed by atoms with Crippen LogP contribution in [0.1, 0.15) is 33.1 Å². The van der Waals surface area contributed by atoms with Gasteiger partial charge < -0.3 is 10.0 Å². The molecule has 7 heteroatoms. The topological polar surface area (TPSA) is 91.3 Å². The number of unbranched alkanes of at least 4 members (excludes halogenated alkanes) is 1. The Bertz CT molecular complexity index is 741. The summed E-state index contributed by atoms with van der Waals surface area (Å²) in [6.07, 6.45) is 3.04. The number of benzene rings is 2. The summed E-state index contributed by atoms with van der Waals surface area (Å²) in [4.78, 5) is 12.5. The first-order chi connectivity index (χ1) is 13.1. The Hall–Kier alpha value is -2.80. The van der Waals surface area contributed by atoms with Crippen molar-refractivity contribution in [3.8, 4) is 0 Å². The lowest BCUT2D eigenvalue weighted by Crippen LogP contribution is -2.38. The highest BCUT2D eigenvalue weighted by atomic mass is 16.6. The van der Waals surface area contributed by atoms with E-state index in [2.05, 4.69) is 29.0 Å². The molecule has 0 bridgehead atoms. The van der Waals surface area contributed by atoms with Crippen LogP contribution in [0.3, 0.4) is 0 Å². The zero-order valence-corrected chi connectivity index (χ0v) is 15.8. The maximum atomic E-state index is 10.7. The first kappa shape index (κ1) is 20.5. The van der Waals surface area contributed by atoms with Crippen molar-refractivity contribution in [3.63, 3.8) is 0 Å². The predicted octanol–water partition coefficient (Wildman–Crippen LogP) is 5.39. The van der Waals surface area contributed by atoms with Crippen molar-refractivity contribution in [2.45, 2.75) is 39.2 Å². The zero-order valence-electron chi connectivity index (χ0n) is 15.8. The maximum Gasteiger partial charge on any atom is 0.269 e. The quantitative estimate of drug-likeness (QED) is 0.345. The summed E-state index contributed by atoms with van der Waals surface area (Å²) < 4.78 is 0. The van der Waals surface area contributed by atoms with Crippen molar-refractivity contribution in [1.29, 1.82) is 0 Å². The van der Waals surface area contributed by atoms with Gasteiger partial charge in [-0.15, -0.1) is 0 Å². The number of hydrogen-bond acceptors (Lipinski definition) is 6. The van der Waals surface area contributed by atoms with Gasteiger partial charge in [-0.05, 0) is 49.2 Å². The lowest BCUT2D eigenvalue weighted by Gasteiger charge is -2.32. The Labute approximate surface area is 159 Å². The van der Waals surface area contributed by atoms with Crippen LogP contribution in [0.25, 0.3) is 0 Å². The molecule has 0 spiro atoms. The van der Waals surface area contributed by atoms with Crippen molar-refractivity contribution in [1.82, 2.24) is 0 Å². The summed E-state index contributed by atoms with van der Waals surface area (Å²) in [5, 5.41) is 28.6. The van der Waals surface area contributed by atoms with Crippen LogP contribution in [-0.4, -0.2) is 29.2 Å². The molecule has 0 aliphatic heterocycles. The average Bonchev–Trinajstić information content (AvgIpc) is 2.70. The van der Waals surface area contributed by atoms with E-state index in [9.17, 15) is 15.2 Å². The second-order valence-corrected chi connectivity index (χ2v) is 6.28. The number of aliphatic hydroxyl groups is 1. The van der Waals surface area contributed by atoms with Crippen LogP contribution < -0.4 is 4.90 Å². The number of anilines is 1. The Morgan fingerprint density at radius 3 is 2.04 bits per heavy atom. The first-order valence-electron chi connectivity index (χ1n) is 9.22. The Kier molecular flexibility index (Phi) is 7.88. The summed E-state index contributed by atoms with van der Waals surface area (Å²) in [5.74, 6) is 0. The molecule has 7 nitrogen and oxygen atoms in total. The van der Waals surface area contributed by atoms with Crippen LogP contribution in [0.15, 0.2) is 58.8 Å². The molecule has 0 aromatic heterocycles. The van der Waals surface area contributed by atoms with Gasteiger partial charge in [-0.1, -0.05) is 20.3 Å². The molecule has 1 N–H and O–H groups in total. The molecule has 2 rings (SSSR count). The van der Waals surface area contributed by atoms with Crippen molar-refractivity contribution < 1.29 is 10.0 Å². The summed E-state index contributed by atoms with van der Waals surface area (Å²) in [6, 6.07) is 13.8. The van der Waals surface area contributed by atoms with E-state index in [-0.39, 0.29) is 18.3 Å². The molecule has 27 heavy (non-hydrogen) atoms. The van der Waals surface area contributed by atoms with Gasteiger partial charge in [-0.2, -0.15) is 10.2 Å². The third kappa shape index (κ3) is 5.86. The maximum absolute atomic E-state index is 10.7. The largest absolute Gasteiger partial charge is 0.394 e.